The number of nitrogens with one attached hydrogen (secondary N) is 2. The minimum atomic E-state index is 0.621. The van der Waals surface area contributed by atoms with E-state index in [2.05, 4.69) is 28.8 Å². The summed E-state index contributed by atoms with van der Waals surface area (Å²) in [5.74, 6) is 0.944. The number of imidazole rings is 1. The maximum absolute atomic E-state index is 5.47. The van der Waals surface area contributed by atoms with Crippen LogP contribution in [0.5, 0.6) is 0 Å². The van der Waals surface area contributed by atoms with E-state index in [-0.39, 0.29) is 0 Å². The van der Waals surface area contributed by atoms with Crippen LogP contribution in [0.25, 0.3) is 11.4 Å². The van der Waals surface area contributed by atoms with E-state index < -0.39 is 0 Å². The van der Waals surface area contributed by atoms with Crippen molar-refractivity contribution in [3.63, 3.8) is 0 Å². The van der Waals surface area contributed by atoms with Gasteiger partial charge in [0.05, 0.1) is 17.6 Å². The highest BCUT2D eigenvalue weighted by molar-refractivity contribution is 5.60. The van der Waals surface area contributed by atoms with Crippen LogP contribution in [-0.4, -0.2) is 21.5 Å². The highest BCUT2D eigenvalue weighted by Crippen LogP contribution is 2.22. The topological polar surface area (TPSA) is 70.5 Å². The minimum absolute atomic E-state index is 0.621. The summed E-state index contributed by atoms with van der Waals surface area (Å²) in [5.41, 5.74) is 10.1. The Morgan fingerprint density at radius 1 is 1.40 bits per heavy atom. The molecule has 0 aliphatic heterocycles. The molecule has 4 heteroatoms. The molecular formula is C11H16N4. The number of rotatable bonds is 3. The molecule has 4 nitrogen and oxygen atoms in total. The van der Waals surface area contributed by atoms with E-state index >= 15 is 0 Å². The van der Waals surface area contributed by atoms with E-state index in [1.165, 1.54) is 11.1 Å². The molecule has 0 radical (unpaired) electrons. The molecule has 0 aromatic carbocycles. The zero-order chi connectivity index (χ0) is 10.8. The van der Waals surface area contributed by atoms with Crippen LogP contribution in [0.15, 0.2) is 12.4 Å². The molecule has 0 unspecified atom stereocenters. The third-order valence-corrected chi connectivity index (χ3v) is 2.68. The normalized spacial score (nSPS) is 10.9. The maximum Gasteiger partial charge on any atom is 0.107 e. The van der Waals surface area contributed by atoms with Crippen LogP contribution in [-0.2, 0) is 6.42 Å². The van der Waals surface area contributed by atoms with Gasteiger partial charge in [-0.25, -0.2) is 4.98 Å². The van der Waals surface area contributed by atoms with Gasteiger partial charge in [-0.2, -0.15) is 0 Å². The summed E-state index contributed by atoms with van der Waals surface area (Å²) in [7, 11) is 0. The van der Waals surface area contributed by atoms with Gasteiger partial charge in [0.25, 0.3) is 0 Å². The van der Waals surface area contributed by atoms with Crippen molar-refractivity contribution in [2.24, 2.45) is 5.73 Å². The number of aromatic nitrogens is 3. The Morgan fingerprint density at radius 2 is 2.20 bits per heavy atom. The second-order valence-corrected chi connectivity index (χ2v) is 3.75. The van der Waals surface area contributed by atoms with Crippen LogP contribution >= 0.6 is 0 Å². The van der Waals surface area contributed by atoms with Crippen molar-refractivity contribution >= 4 is 0 Å². The molecular weight excluding hydrogens is 188 g/mol. The zero-order valence-electron chi connectivity index (χ0n) is 9.09. The van der Waals surface area contributed by atoms with Gasteiger partial charge in [0.2, 0.25) is 0 Å². The first-order valence-corrected chi connectivity index (χ1v) is 5.11. The third-order valence-electron chi connectivity index (χ3n) is 2.68. The Bertz CT molecular complexity index is 453. The SMILES string of the molecule is Cc1c[nH]c(-c2cnc(CCN)[nH]2)c1C. The number of H-pyrrole nitrogens is 2. The molecule has 0 aliphatic rings. The van der Waals surface area contributed by atoms with E-state index in [1.807, 2.05) is 12.4 Å². The molecule has 0 saturated heterocycles. The van der Waals surface area contributed by atoms with Gasteiger partial charge in [-0.15, -0.1) is 0 Å². The lowest BCUT2D eigenvalue weighted by atomic mass is 10.1. The van der Waals surface area contributed by atoms with Gasteiger partial charge in [-0.05, 0) is 31.5 Å². The summed E-state index contributed by atoms with van der Waals surface area (Å²) in [6.45, 7) is 4.81. The quantitative estimate of drug-likeness (QED) is 0.709. The largest absolute Gasteiger partial charge is 0.359 e. The second-order valence-electron chi connectivity index (χ2n) is 3.75. The summed E-state index contributed by atoms with van der Waals surface area (Å²) in [5, 5.41) is 0. The van der Waals surface area contributed by atoms with Crippen LogP contribution in [0.4, 0.5) is 0 Å². The van der Waals surface area contributed by atoms with E-state index in [4.69, 9.17) is 5.73 Å². The van der Waals surface area contributed by atoms with E-state index in [1.54, 1.807) is 0 Å². The number of hydrogen-bond acceptors (Lipinski definition) is 2. The van der Waals surface area contributed by atoms with E-state index in [0.29, 0.717) is 6.54 Å². The first-order valence-electron chi connectivity index (χ1n) is 5.11. The molecule has 0 atom stereocenters. The zero-order valence-corrected chi connectivity index (χ0v) is 9.09. The number of aromatic amines is 2. The predicted octanol–water partition coefficient (Wildman–Crippen LogP) is 1.52. The fourth-order valence-electron chi connectivity index (χ4n) is 1.63. The van der Waals surface area contributed by atoms with Crippen molar-refractivity contribution in [2.75, 3.05) is 6.54 Å². The van der Waals surface area contributed by atoms with Crippen molar-refractivity contribution in [2.45, 2.75) is 20.3 Å². The van der Waals surface area contributed by atoms with Gasteiger partial charge in [0.15, 0.2) is 0 Å². The molecule has 0 spiro atoms. The predicted molar refractivity (Wildman–Crippen MR) is 60.6 cm³/mol. The third kappa shape index (κ3) is 1.80. The van der Waals surface area contributed by atoms with Gasteiger partial charge in [0, 0.05) is 12.6 Å². The average Bonchev–Trinajstić information content (AvgIpc) is 2.77. The Morgan fingerprint density at radius 3 is 2.80 bits per heavy atom. The Labute approximate surface area is 88.9 Å². The van der Waals surface area contributed by atoms with Crippen LogP contribution in [0.3, 0.4) is 0 Å². The second kappa shape index (κ2) is 3.90. The molecule has 4 N–H and O–H groups in total. The highest BCUT2D eigenvalue weighted by atomic mass is 14.9. The van der Waals surface area contributed by atoms with Crippen LogP contribution in [0, 0.1) is 13.8 Å². The maximum atomic E-state index is 5.47. The Hall–Kier alpha value is -1.55. The van der Waals surface area contributed by atoms with Crippen LogP contribution in [0.1, 0.15) is 17.0 Å². The summed E-state index contributed by atoms with van der Waals surface area (Å²) >= 11 is 0. The lowest BCUT2D eigenvalue weighted by Crippen LogP contribution is -2.03. The molecule has 0 saturated carbocycles. The van der Waals surface area contributed by atoms with Gasteiger partial charge in [-0.3, -0.25) is 0 Å². The number of hydrogen-bond donors (Lipinski definition) is 3. The van der Waals surface area contributed by atoms with Crippen molar-refractivity contribution < 1.29 is 0 Å². The molecule has 0 aliphatic carbocycles. The molecule has 2 heterocycles. The van der Waals surface area contributed by atoms with Gasteiger partial charge < -0.3 is 15.7 Å². The van der Waals surface area contributed by atoms with Crippen LogP contribution < -0.4 is 5.73 Å². The summed E-state index contributed by atoms with van der Waals surface area (Å²) in [6, 6.07) is 0. The molecule has 2 aromatic rings. The van der Waals surface area contributed by atoms with Gasteiger partial charge >= 0.3 is 0 Å². The van der Waals surface area contributed by atoms with Crippen molar-refractivity contribution in [1.29, 1.82) is 0 Å². The number of nitrogens with zero attached hydrogens (tertiary/aromatic N) is 1. The molecule has 0 fully saturated rings. The smallest absolute Gasteiger partial charge is 0.107 e. The monoisotopic (exact) mass is 204 g/mol. The minimum Gasteiger partial charge on any atom is -0.359 e. The van der Waals surface area contributed by atoms with Crippen molar-refractivity contribution in [3.8, 4) is 11.4 Å². The summed E-state index contributed by atoms with van der Waals surface area (Å²) in [4.78, 5) is 10.8. The molecule has 0 amide bonds. The lowest BCUT2D eigenvalue weighted by molar-refractivity contribution is 0.894. The standard InChI is InChI=1S/C11H16N4/c1-7-5-14-11(8(7)2)9-6-13-10(15-9)3-4-12/h5-6,14H,3-4,12H2,1-2H3,(H,13,15). The van der Waals surface area contributed by atoms with Crippen molar-refractivity contribution in [3.05, 3.63) is 29.3 Å². The van der Waals surface area contributed by atoms with Crippen molar-refractivity contribution in [1.82, 2.24) is 15.0 Å². The van der Waals surface area contributed by atoms with E-state index in [0.717, 1.165) is 23.6 Å². The highest BCUT2D eigenvalue weighted by Gasteiger charge is 2.08. The fourth-order valence-corrected chi connectivity index (χ4v) is 1.63. The summed E-state index contributed by atoms with van der Waals surface area (Å²) in [6.07, 6.45) is 4.65. The molecule has 15 heavy (non-hydrogen) atoms. The fraction of sp³-hybridized carbons (Fsp3) is 0.364. The van der Waals surface area contributed by atoms with E-state index in [9.17, 15) is 0 Å². The van der Waals surface area contributed by atoms with Crippen LogP contribution in [0.2, 0.25) is 0 Å². The first-order chi connectivity index (χ1) is 7.22. The Kier molecular flexibility index (Phi) is 2.60. The average molecular weight is 204 g/mol. The van der Waals surface area contributed by atoms with Gasteiger partial charge in [0.1, 0.15) is 5.82 Å². The molecule has 0 bridgehead atoms. The number of aryl methyl sites for hydroxylation is 1. The first kappa shape index (κ1) is 9.98. The molecule has 2 aromatic heterocycles. The lowest BCUT2D eigenvalue weighted by Gasteiger charge is -1.96. The Balaban J connectivity index is 2.33. The molecule has 80 valence electrons. The number of nitrogens with two attached hydrogens (primary N) is 1. The summed E-state index contributed by atoms with van der Waals surface area (Å²) < 4.78 is 0. The molecule has 2 rings (SSSR count). The van der Waals surface area contributed by atoms with Gasteiger partial charge in [-0.1, -0.05) is 0 Å².